The second-order valence-electron chi connectivity index (χ2n) is 7.42. The number of piperidine rings is 1. The van der Waals surface area contributed by atoms with E-state index in [9.17, 15) is 14.4 Å². The Bertz CT molecular complexity index is 915. The maximum absolute atomic E-state index is 12.5. The molecule has 0 N–H and O–H groups in total. The van der Waals surface area contributed by atoms with Gasteiger partial charge in [0.1, 0.15) is 0 Å². The number of hydrogen-bond donors (Lipinski definition) is 0. The molecule has 1 saturated heterocycles. The molecule has 0 atom stereocenters. The van der Waals surface area contributed by atoms with Crippen LogP contribution in [0.15, 0.2) is 42.5 Å². The number of rotatable bonds is 5. The van der Waals surface area contributed by atoms with Crippen LogP contribution in [-0.4, -0.2) is 42.3 Å². The fraction of sp³-hybridized carbons (Fsp3) is 0.348. The molecule has 2 aromatic carbocycles. The molecule has 0 bridgehead atoms. The quantitative estimate of drug-likeness (QED) is 0.543. The van der Waals surface area contributed by atoms with Gasteiger partial charge in [0.2, 0.25) is 5.78 Å². The number of Topliss-reactive ketones (excluding diaryl/α,β-unsaturated/α-hetero) is 1. The Hall–Kier alpha value is -2.66. The molecule has 1 fully saturated rings. The molecule has 152 valence electrons. The van der Waals surface area contributed by atoms with Gasteiger partial charge in [-0.15, -0.1) is 0 Å². The smallest absolute Gasteiger partial charge is 0.309 e. The van der Waals surface area contributed by atoms with E-state index in [0.717, 1.165) is 11.1 Å². The van der Waals surface area contributed by atoms with Gasteiger partial charge in [0.15, 0.2) is 6.61 Å². The Kier molecular flexibility index (Phi) is 6.70. The van der Waals surface area contributed by atoms with Crippen LogP contribution in [-0.2, 0) is 9.53 Å². The van der Waals surface area contributed by atoms with Gasteiger partial charge in [-0.25, -0.2) is 0 Å². The molecule has 0 saturated carbocycles. The molecule has 1 aliphatic rings. The summed E-state index contributed by atoms with van der Waals surface area (Å²) in [6.45, 7) is 4.48. The van der Waals surface area contributed by atoms with E-state index < -0.39 is 0 Å². The number of carbonyl (C=O) groups is 3. The molecule has 1 aliphatic heterocycles. The largest absolute Gasteiger partial charge is 0.457 e. The zero-order valence-electron chi connectivity index (χ0n) is 16.6. The summed E-state index contributed by atoms with van der Waals surface area (Å²) in [5.74, 6) is -0.939. The number of amides is 1. The first-order chi connectivity index (χ1) is 13.8. The standard InChI is InChI=1S/C23H24ClNO4/c1-15-3-4-16(2)20(13-15)21(26)14-29-23(28)18-9-11-25(12-10-18)22(27)17-5-7-19(24)8-6-17/h3-8,13,18H,9-12,14H2,1-2H3. The highest BCUT2D eigenvalue weighted by Crippen LogP contribution is 2.21. The lowest BCUT2D eigenvalue weighted by Gasteiger charge is -2.31. The lowest BCUT2D eigenvalue weighted by molar-refractivity contribution is -0.148. The maximum Gasteiger partial charge on any atom is 0.309 e. The lowest BCUT2D eigenvalue weighted by Crippen LogP contribution is -2.40. The molecule has 29 heavy (non-hydrogen) atoms. The molecule has 5 nitrogen and oxygen atoms in total. The second kappa shape index (κ2) is 9.23. The van der Waals surface area contributed by atoms with E-state index in [1.54, 1.807) is 29.2 Å². The SMILES string of the molecule is Cc1ccc(C)c(C(=O)COC(=O)C2CCN(C(=O)c3ccc(Cl)cc3)CC2)c1. The molecule has 2 aromatic rings. The summed E-state index contributed by atoms with van der Waals surface area (Å²) in [6, 6.07) is 12.4. The van der Waals surface area contributed by atoms with Crippen LogP contribution in [0.3, 0.4) is 0 Å². The highest BCUT2D eigenvalue weighted by atomic mass is 35.5. The van der Waals surface area contributed by atoms with Gasteiger partial charge in [0.05, 0.1) is 5.92 Å². The number of esters is 1. The molecule has 3 rings (SSSR count). The molecule has 0 spiro atoms. The van der Waals surface area contributed by atoms with Crippen molar-refractivity contribution in [3.05, 3.63) is 69.7 Å². The number of nitrogens with zero attached hydrogens (tertiary/aromatic N) is 1. The van der Waals surface area contributed by atoms with E-state index in [2.05, 4.69) is 0 Å². The van der Waals surface area contributed by atoms with Gasteiger partial charge >= 0.3 is 5.97 Å². The predicted molar refractivity (Wildman–Crippen MR) is 111 cm³/mol. The van der Waals surface area contributed by atoms with Crippen molar-refractivity contribution in [3.63, 3.8) is 0 Å². The monoisotopic (exact) mass is 413 g/mol. The molecule has 0 radical (unpaired) electrons. The first kappa shape index (κ1) is 21.1. The minimum atomic E-state index is -0.373. The van der Waals surface area contributed by atoms with Crippen LogP contribution in [0.5, 0.6) is 0 Å². The van der Waals surface area contributed by atoms with E-state index in [1.165, 1.54) is 0 Å². The molecule has 1 heterocycles. The highest BCUT2D eigenvalue weighted by molar-refractivity contribution is 6.30. The Labute approximate surface area is 175 Å². The first-order valence-corrected chi connectivity index (χ1v) is 10.0. The van der Waals surface area contributed by atoms with Crippen LogP contribution in [0.2, 0.25) is 5.02 Å². The minimum absolute atomic E-state index is 0.0708. The third-order valence-electron chi connectivity index (χ3n) is 5.25. The van der Waals surface area contributed by atoms with E-state index in [4.69, 9.17) is 16.3 Å². The number of ketones is 1. The summed E-state index contributed by atoms with van der Waals surface area (Å²) in [4.78, 5) is 39.0. The number of ether oxygens (including phenoxy) is 1. The van der Waals surface area contributed by atoms with E-state index in [-0.39, 0.29) is 30.2 Å². The Balaban J connectivity index is 1.49. The number of carbonyl (C=O) groups excluding carboxylic acids is 3. The van der Waals surface area contributed by atoms with Crippen molar-refractivity contribution in [2.75, 3.05) is 19.7 Å². The van der Waals surface area contributed by atoms with Crippen LogP contribution in [0, 0.1) is 19.8 Å². The van der Waals surface area contributed by atoms with Gasteiger partial charge < -0.3 is 9.64 Å². The van der Waals surface area contributed by atoms with Crippen molar-refractivity contribution in [3.8, 4) is 0 Å². The number of halogens is 1. The van der Waals surface area contributed by atoms with Crippen molar-refractivity contribution in [1.29, 1.82) is 0 Å². The first-order valence-electron chi connectivity index (χ1n) is 9.67. The zero-order valence-corrected chi connectivity index (χ0v) is 17.4. The third-order valence-corrected chi connectivity index (χ3v) is 5.50. The summed E-state index contributed by atoms with van der Waals surface area (Å²) in [5, 5.41) is 0.582. The predicted octanol–water partition coefficient (Wildman–Crippen LogP) is 4.24. The van der Waals surface area contributed by atoms with E-state index in [0.29, 0.717) is 42.1 Å². The maximum atomic E-state index is 12.5. The van der Waals surface area contributed by atoms with Crippen LogP contribution < -0.4 is 0 Å². The summed E-state index contributed by atoms with van der Waals surface area (Å²) in [6.07, 6.45) is 1.05. The van der Waals surface area contributed by atoms with Crippen LogP contribution in [0.25, 0.3) is 0 Å². The minimum Gasteiger partial charge on any atom is -0.457 e. The van der Waals surface area contributed by atoms with Gasteiger partial charge in [0.25, 0.3) is 5.91 Å². The molecule has 0 aliphatic carbocycles. The van der Waals surface area contributed by atoms with Gasteiger partial charge in [0, 0.05) is 29.2 Å². The van der Waals surface area contributed by atoms with Gasteiger partial charge in [-0.05, 0) is 62.6 Å². The van der Waals surface area contributed by atoms with Crippen molar-refractivity contribution in [2.45, 2.75) is 26.7 Å². The highest BCUT2D eigenvalue weighted by Gasteiger charge is 2.29. The van der Waals surface area contributed by atoms with Gasteiger partial charge in [-0.3, -0.25) is 14.4 Å². The Morgan fingerprint density at radius 1 is 1.03 bits per heavy atom. The van der Waals surface area contributed by atoms with Crippen LogP contribution in [0.1, 0.15) is 44.7 Å². The lowest BCUT2D eigenvalue weighted by atomic mass is 9.96. The van der Waals surface area contributed by atoms with Crippen LogP contribution in [0.4, 0.5) is 0 Å². The fourth-order valence-electron chi connectivity index (χ4n) is 3.46. The van der Waals surface area contributed by atoms with Gasteiger partial charge in [-0.1, -0.05) is 29.3 Å². The number of likely N-dealkylation sites (tertiary alicyclic amines) is 1. The summed E-state index contributed by atoms with van der Waals surface area (Å²) in [7, 11) is 0. The number of aryl methyl sites for hydroxylation is 2. The van der Waals surface area contributed by atoms with Crippen LogP contribution >= 0.6 is 11.6 Å². The number of benzene rings is 2. The molecule has 1 amide bonds. The zero-order chi connectivity index (χ0) is 21.0. The van der Waals surface area contributed by atoms with Crippen molar-refractivity contribution < 1.29 is 19.1 Å². The second-order valence-corrected chi connectivity index (χ2v) is 7.86. The van der Waals surface area contributed by atoms with Gasteiger partial charge in [-0.2, -0.15) is 0 Å². The van der Waals surface area contributed by atoms with Crippen molar-refractivity contribution in [1.82, 2.24) is 4.90 Å². The molecule has 6 heteroatoms. The van der Waals surface area contributed by atoms with Crippen molar-refractivity contribution >= 4 is 29.3 Å². The molecular weight excluding hydrogens is 390 g/mol. The summed E-state index contributed by atoms with van der Waals surface area (Å²) < 4.78 is 5.28. The van der Waals surface area contributed by atoms with Crippen molar-refractivity contribution in [2.24, 2.45) is 5.92 Å². The summed E-state index contributed by atoms with van der Waals surface area (Å²) >= 11 is 5.86. The topological polar surface area (TPSA) is 63.7 Å². The fourth-order valence-corrected chi connectivity index (χ4v) is 3.59. The number of hydrogen-bond acceptors (Lipinski definition) is 4. The summed E-state index contributed by atoms with van der Waals surface area (Å²) in [5.41, 5.74) is 3.02. The molecular formula is C23H24ClNO4. The normalized spacial score (nSPS) is 14.5. The Morgan fingerprint density at radius 2 is 1.69 bits per heavy atom. The third kappa shape index (κ3) is 5.24. The molecule has 0 aromatic heterocycles. The Morgan fingerprint density at radius 3 is 2.34 bits per heavy atom. The molecule has 0 unspecified atom stereocenters. The van der Waals surface area contributed by atoms with E-state index in [1.807, 2.05) is 32.0 Å². The average Bonchev–Trinajstić information content (AvgIpc) is 2.73. The van der Waals surface area contributed by atoms with E-state index >= 15 is 0 Å². The average molecular weight is 414 g/mol.